The smallest absolute Gasteiger partial charge is 0.0921 e. The van der Waals surface area contributed by atoms with Crippen molar-refractivity contribution in [2.24, 2.45) is 0 Å². The lowest BCUT2D eigenvalue weighted by atomic mass is 10.0. The molecule has 0 bridgehead atoms. The van der Waals surface area contributed by atoms with Crippen LogP contribution in [0.5, 0.6) is 0 Å². The molecule has 0 heterocycles. The van der Waals surface area contributed by atoms with Gasteiger partial charge in [0.05, 0.1) is 8.46 Å². The van der Waals surface area contributed by atoms with Crippen LogP contribution < -0.4 is 5.30 Å². The molecule has 0 aromatic heterocycles. The average molecular weight is 168 g/mol. The van der Waals surface area contributed by atoms with Gasteiger partial charge in [-0.2, -0.15) is 0 Å². The molecule has 1 atom stereocenters. The number of hydrogen-bond acceptors (Lipinski definition) is 1. The summed E-state index contributed by atoms with van der Waals surface area (Å²) in [6.45, 7) is 4.30. The van der Waals surface area contributed by atoms with Gasteiger partial charge in [0.1, 0.15) is 0 Å². The molecule has 0 amide bonds. The number of rotatable bonds is 2. The van der Waals surface area contributed by atoms with Gasteiger partial charge in [0.25, 0.3) is 0 Å². The van der Waals surface area contributed by atoms with Crippen LogP contribution in [0.1, 0.15) is 25.3 Å². The minimum Gasteiger partial charge on any atom is -0.325 e. The summed E-state index contributed by atoms with van der Waals surface area (Å²) in [5.41, 5.74) is 1.31. The molecule has 1 aromatic carbocycles. The van der Waals surface area contributed by atoms with Crippen LogP contribution in [-0.4, -0.2) is 0 Å². The highest BCUT2D eigenvalue weighted by Crippen LogP contribution is 2.12. The lowest BCUT2D eigenvalue weighted by Crippen LogP contribution is -1.93. The fraction of sp³-hybridized carbons (Fsp3) is 0.333. The quantitative estimate of drug-likeness (QED) is 0.618. The van der Waals surface area contributed by atoms with Crippen molar-refractivity contribution in [2.45, 2.75) is 19.8 Å². The molecule has 11 heavy (non-hydrogen) atoms. The highest BCUT2D eigenvalue weighted by molar-refractivity contribution is 7.34. The third-order valence-electron chi connectivity index (χ3n) is 1.74. The Morgan fingerprint density at radius 1 is 1.18 bits per heavy atom. The van der Waals surface area contributed by atoms with Crippen molar-refractivity contribution in [3.63, 3.8) is 0 Å². The van der Waals surface area contributed by atoms with Crippen LogP contribution in [0.4, 0.5) is 0 Å². The molecule has 1 nitrogen and oxygen atoms in total. The summed E-state index contributed by atoms with van der Waals surface area (Å²) in [6.07, 6.45) is 0. The Labute approximate surface area is 68.6 Å². The van der Waals surface area contributed by atoms with Crippen molar-refractivity contribution < 1.29 is 4.57 Å². The van der Waals surface area contributed by atoms with E-state index >= 15 is 0 Å². The molecule has 0 aliphatic rings. The molecule has 0 N–H and O–H groups in total. The molecule has 2 heteroatoms. The van der Waals surface area contributed by atoms with Crippen LogP contribution in [0.3, 0.4) is 0 Å². The first-order valence-electron chi connectivity index (χ1n) is 3.79. The lowest BCUT2D eigenvalue weighted by molar-refractivity contribution is 0.603. The monoisotopic (exact) mass is 168 g/mol. The van der Waals surface area contributed by atoms with Crippen molar-refractivity contribution in [2.75, 3.05) is 0 Å². The third kappa shape index (κ3) is 2.20. The van der Waals surface area contributed by atoms with Gasteiger partial charge in [-0.25, -0.2) is 0 Å². The Kier molecular flexibility index (Phi) is 2.90. The minimum absolute atomic E-state index is 0.561. The van der Waals surface area contributed by atoms with Gasteiger partial charge in [-0.3, -0.25) is 0 Å². The first-order valence-corrected chi connectivity index (χ1v) is 4.84. The Morgan fingerprint density at radius 3 is 2.09 bits per heavy atom. The summed E-state index contributed by atoms with van der Waals surface area (Å²) in [6, 6.07) is 7.98. The SMILES string of the molecule is CC(C)c1ccc([PH2]=O)cc1. The Hall–Kier alpha value is -0.550. The van der Waals surface area contributed by atoms with Gasteiger partial charge in [0.2, 0.25) is 0 Å². The summed E-state index contributed by atoms with van der Waals surface area (Å²) >= 11 is 0. The molecule has 0 aliphatic heterocycles. The van der Waals surface area contributed by atoms with Gasteiger partial charge in [-0.05, 0) is 11.5 Å². The van der Waals surface area contributed by atoms with E-state index in [0.29, 0.717) is 5.92 Å². The van der Waals surface area contributed by atoms with E-state index in [0.717, 1.165) is 5.30 Å². The first kappa shape index (κ1) is 8.55. The maximum absolute atomic E-state index is 10.5. The molecule has 0 saturated heterocycles. The topological polar surface area (TPSA) is 17.1 Å². The molecule has 60 valence electrons. The van der Waals surface area contributed by atoms with Crippen molar-refractivity contribution >= 4 is 13.8 Å². The predicted octanol–water partition coefficient (Wildman–Crippen LogP) is 2.19. The number of hydrogen-bond donors (Lipinski definition) is 0. The van der Waals surface area contributed by atoms with Gasteiger partial charge < -0.3 is 4.57 Å². The van der Waals surface area contributed by atoms with Crippen LogP contribution >= 0.6 is 8.46 Å². The molecular weight excluding hydrogens is 155 g/mol. The largest absolute Gasteiger partial charge is 0.325 e. The normalized spacial score (nSPS) is 11.5. The molecular formula is C9H13OP. The van der Waals surface area contributed by atoms with E-state index in [2.05, 4.69) is 13.8 Å². The first-order chi connectivity index (χ1) is 5.24. The molecule has 0 saturated carbocycles. The highest BCUT2D eigenvalue weighted by Gasteiger charge is 1.96. The van der Waals surface area contributed by atoms with Crippen molar-refractivity contribution in [3.05, 3.63) is 29.8 Å². The van der Waals surface area contributed by atoms with E-state index in [1.54, 1.807) is 0 Å². The molecule has 0 spiro atoms. The summed E-state index contributed by atoms with van der Waals surface area (Å²) in [5.74, 6) is 0.561. The number of benzene rings is 1. The van der Waals surface area contributed by atoms with Crippen LogP contribution in [0.15, 0.2) is 24.3 Å². The average Bonchev–Trinajstić information content (AvgIpc) is 2.05. The van der Waals surface area contributed by atoms with E-state index in [9.17, 15) is 4.57 Å². The maximum Gasteiger partial charge on any atom is 0.0921 e. The molecule has 1 unspecified atom stereocenters. The van der Waals surface area contributed by atoms with E-state index in [-0.39, 0.29) is 0 Å². The minimum atomic E-state index is -0.765. The standard InChI is InChI=1S/C9H13OP/c1-7(2)8-3-5-9(11-10)6-4-8/h3-7H,11H2,1-2H3. The van der Waals surface area contributed by atoms with Gasteiger partial charge >= 0.3 is 0 Å². The van der Waals surface area contributed by atoms with E-state index in [1.807, 2.05) is 24.3 Å². The Bertz CT molecular complexity index is 238. The molecule has 1 aromatic rings. The predicted molar refractivity (Wildman–Crippen MR) is 50.6 cm³/mol. The Morgan fingerprint density at radius 2 is 1.73 bits per heavy atom. The van der Waals surface area contributed by atoms with Gasteiger partial charge in [0, 0.05) is 5.30 Å². The fourth-order valence-corrected chi connectivity index (χ4v) is 1.31. The molecule has 0 radical (unpaired) electrons. The molecule has 1 rings (SSSR count). The van der Waals surface area contributed by atoms with Crippen molar-refractivity contribution in [1.82, 2.24) is 0 Å². The zero-order chi connectivity index (χ0) is 8.27. The second-order valence-corrected chi connectivity index (χ2v) is 3.84. The zero-order valence-corrected chi connectivity index (χ0v) is 8.03. The van der Waals surface area contributed by atoms with E-state index in [4.69, 9.17) is 0 Å². The summed E-state index contributed by atoms with van der Waals surface area (Å²) in [7, 11) is -0.765. The second kappa shape index (κ2) is 3.73. The highest BCUT2D eigenvalue weighted by atomic mass is 31.1. The third-order valence-corrected chi connectivity index (χ3v) is 2.40. The molecule has 0 fully saturated rings. The van der Waals surface area contributed by atoms with Crippen LogP contribution in [0.25, 0.3) is 0 Å². The van der Waals surface area contributed by atoms with Gasteiger partial charge in [-0.15, -0.1) is 0 Å². The maximum atomic E-state index is 10.5. The van der Waals surface area contributed by atoms with E-state index < -0.39 is 8.46 Å². The van der Waals surface area contributed by atoms with E-state index in [1.165, 1.54) is 5.56 Å². The summed E-state index contributed by atoms with van der Waals surface area (Å²) in [4.78, 5) is 0. The molecule has 0 aliphatic carbocycles. The van der Waals surface area contributed by atoms with Crippen LogP contribution in [0.2, 0.25) is 0 Å². The lowest BCUT2D eigenvalue weighted by Gasteiger charge is -2.03. The summed E-state index contributed by atoms with van der Waals surface area (Å²) < 4.78 is 10.5. The zero-order valence-electron chi connectivity index (χ0n) is 6.87. The fourth-order valence-electron chi connectivity index (χ4n) is 0.959. The Balaban J connectivity index is 2.91. The van der Waals surface area contributed by atoms with Crippen LogP contribution in [0, 0.1) is 0 Å². The van der Waals surface area contributed by atoms with Crippen LogP contribution in [-0.2, 0) is 4.57 Å². The van der Waals surface area contributed by atoms with Crippen molar-refractivity contribution in [3.8, 4) is 0 Å². The second-order valence-electron chi connectivity index (χ2n) is 2.94. The van der Waals surface area contributed by atoms with Gasteiger partial charge in [0.15, 0.2) is 0 Å². The summed E-state index contributed by atoms with van der Waals surface area (Å²) in [5, 5.41) is 0.953. The van der Waals surface area contributed by atoms with Crippen molar-refractivity contribution in [1.29, 1.82) is 0 Å². The van der Waals surface area contributed by atoms with Gasteiger partial charge in [-0.1, -0.05) is 38.1 Å².